The van der Waals surface area contributed by atoms with Gasteiger partial charge in [-0.05, 0) is 32.8 Å². The lowest BCUT2D eigenvalue weighted by Gasteiger charge is -2.20. The lowest BCUT2D eigenvalue weighted by molar-refractivity contribution is 0.0712. The predicted octanol–water partition coefficient (Wildman–Crippen LogP) is 0.973. The molecule has 0 saturated carbocycles. The molecular weight excluding hydrogens is 244 g/mol. The number of hydrogen-bond acceptors (Lipinski definition) is 5. The minimum atomic E-state index is -0.191. The van der Waals surface area contributed by atoms with Crippen molar-refractivity contribution < 1.29 is 9.53 Å². The quantitative estimate of drug-likeness (QED) is 0.557. The summed E-state index contributed by atoms with van der Waals surface area (Å²) < 4.78 is 5.56. The Balaban J connectivity index is 2.06. The Hall–Kier alpha value is -1.66. The molecule has 0 aromatic carbocycles. The smallest absolute Gasteiger partial charge is 0.255 e. The van der Waals surface area contributed by atoms with Crippen molar-refractivity contribution in [2.24, 2.45) is 5.84 Å². The summed E-state index contributed by atoms with van der Waals surface area (Å²) in [5.74, 6) is 5.24. The van der Waals surface area contributed by atoms with Crippen molar-refractivity contribution >= 4 is 11.6 Å². The number of hydrazine groups is 1. The molecule has 0 spiro atoms. The summed E-state index contributed by atoms with van der Waals surface area (Å²) in [6.07, 6.45) is 3.65. The number of aromatic nitrogens is 1. The van der Waals surface area contributed by atoms with Crippen molar-refractivity contribution in [3.8, 4) is 0 Å². The van der Waals surface area contributed by atoms with Crippen LogP contribution in [0.5, 0.6) is 0 Å². The van der Waals surface area contributed by atoms with Crippen LogP contribution in [0.3, 0.4) is 0 Å². The molecule has 1 aromatic heterocycles. The first kappa shape index (κ1) is 13.8. The number of nitrogens with one attached hydrogen (secondary N) is 2. The molecule has 4 N–H and O–H groups in total. The molecular formula is C13H20N4O2. The number of nitrogens with zero attached hydrogens (tertiary/aromatic N) is 1. The summed E-state index contributed by atoms with van der Waals surface area (Å²) >= 11 is 0. The van der Waals surface area contributed by atoms with E-state index in [9.17, 15) is 4.79 Å². The highest BCUT2D eigenvalue weighted by Crippen LogP contribution is 2.18. The normalized spacial score (nSPS) is 20.1. The molecule has 1 fully saturated rings. The summed E-state index contributed by atoms with van der Waals surface area (Å²) in [6.45, 7) is 4.56. The number of carbonyl (C=O) groups excluding carboxylic acids is 1. The van der Waals surface area contributed by atoms with Gasteiger partial charge in [-0.3, -0.25) is 15.6 Å². The van der Waals surface area contributed by atoms with E-state index >= 15 is 0 Å². The zero-order valence-electron chi connectivity index (χ0n) is 11.3. The second-order valence-electron chi connectivity index (χ2n) is 4.83. The summed E-state index contributed by atoms with van der Waals surface area (Å²) in [6, 6.07) is 1.72. The molecule has 1 aliphatic heterocycles. The van der Waals surface area contributed by atoms with Gasteiger partial charge in [-0.2, -0.15) is 0 Å². The van der Waals surface area contributed by atoms with Gasteiger partial charge >= 0.3 is 0 Å². The Labute approximate surface area is 112 Å². The molecule has 6 heteroatoms. The lowest BCUT2D eigenvalue weighted by Crippen LogP contribution is -2.41. The molecule has 1 amide bonds. The molecule has 1 aliphatic rings. The maximum atomic E-state index is 12.2. The number of ether oxygens (including phenoxy) is 1. The van der Waals surface area contributed by atoms with Gasteiger partial charge in [-0.1, -0.05) is 0 Å². The van der Waals surface area contributed by atoms with Gasteiger partial charge in [0.1, 0.15) is 0 Å². The van der Waals surface area contributed by atoms with Crippen LogP contribution in [0.15, 0.2) is 12.3 Å². The highest BCUT2D eigenvalue weighted by Gasteiger charge is 2.24. The maximum Gasteiger partial charge on any atom is 0.255 e. The molecule has 0 aliphatic carbocycles. The van der Waals surface area contributed by atoms with Gasteiger partial charge in [-0.25, -0.2) is 0 Å². The number of rotatable bonds is 4. The van der Waals surface area contributed by atoms with E-state index in [-0.39, 0.29) is 18.1 Å². The van der Waals surface area contributed by atoms with Crippen LogP contribution in [0.2, 0.25) is 0 Å². The fourth-order valence-electron chi connectivity index (χ4n) is 2.23. The third kappa shape index (κ3) is 3.21. The van der Waals surface area contributed by atoms with Gasteiger partial charge in [0, 0.05) is 18.5 Å². The summed E-state index contributed by atoms with van der Waals surface area (Å²) in [7, 11) is 0. The minimum absolute atomic E-state index is 0.0260. The maximum absolute atomic E-state index is 12.2. The predicted molar refractivity (Wildman–Crippen MR) is 72.7 cm³/mol. The number of amides is 1. The van der Waals surface area contributed by atoms with Crippen LogP contribution >= 0.6 is 0 Å². The second-order valence-corrected chi connectivity index (χ2v) is 4.83. The third-order valence-electron chi connectivity index (χ3n) is 3.32. The Kier molecular flexibility index (Phi) is 4.34. The van der Waals surface area contributed by atoms with Crippen LogP contribution in [-0.2, 0) is 4.74 Å². The molecule has 0 radical (unpaired) electrons. The number of carbonyl (C=O) groups is 1. The third-order valence-corrected chi connectivity index (χ3v) is 3.32. The van der Waals surface area contributed by atoms with E-state index in [0.29, 0.717) is 11.3 Å². The van der Waals surface area contributed by atoms with Crippen LogP contribution < -0.4 is 16.6 Å². The molecule has 2 rings (SSSR count). The van der Waals surface area contributed by atoms with Gasteiger partial charge < -0.3 is 15.5 Å². The highest BCUT2D eigenvalue weighted by atomic mass is 16.5. The Morgan fingerprint density at radius 1 is 1.63 bits per heavy atom. The van der Waals surface area contributed by atoms with Crippen LogP contribution in [0, 0.1) is 6.92 Å². The first-order valence-electron chi connectivity index (χ1n) is 6.47. The molecule has 2 unspecified atom stereocenters. The summed E-state index contributed by atoms with van der Waals surface area (Å²) in [4.78, 5) is 16.3. The molecule has 1 aromatic rings. The molecule has 2 atom stereocenters. The van der Waals surface area contributed by atoms with Gasteiger partial charge in [-0.15, -0.1) is 0 Å². The van der Waals surface area contributed by atoms with Crippen LogP contribution in [0.4, 0.5) is 5.69 Å². The summed E-state index contributed by atoms with van der Waals surface area (Å²) in [5, 5.41) is 2.93. The van der Waals surface area contributed by atoms with E-state index in [1.165, 1.54) is 6.20 Å². The van der Waals surface area contributed by atoms with E-state index in [0.717, 1.165) is 25.1 Å². The number of hydrogen-bond donors (Lipinski definition) is 3. The lowest BCUT2D eigenvalue weighted by atomic mass is 10.1. The van der Waals surface area contributed by atoms with Crippen molar-refractivity contribution in [1.29, 1.82) is 0 Å². The van der Waals surface area contributed by atoms with Gasteiger partial charge in [0.05, 0.1) is 23.4 Å². The highest BCUT2D eigenvalue weighted by molar-refractivity contribution is 5.99. The van der Waals surface area contributed by atoms with E-state index in [4.69, 9.17) is 10.6 Å². The first-order valence-corrected chi connectivity index (χ1v) is 6.47. The van der Waals surface area contributed by atoms with E-state index < -0.39 is 0 Å². The summed E-state index contributed by atoms with van der Waals surface area (Å²) in [5.41, 5.74) is 4.35. The van der Waals surface area contributed by atoms with Crippen LogP contribution in [0.25, 0.3) is 0 Å². The van der Waals surface area contributed by atoms with Gasteiger partial charge in [0.2, 0.25) is 0 Å². The van der Waals surface area contributed by atoms with Crippen molar-refractivity contribution in [3.05, 3.63) is 23.5 Å². The Morgan fingerprint density at radius 2 is 2.42 bits per heavy atom. The largest absolute Gasteiger partial charge is 0.376 e. The zero-order chi connectivity index (χ0) is 13.8. The number of anilines is 1. The van der Waals surface area contributed by atoms with Crippen LogP contribution in [-0.4, -0.2) is 29.6 Å². The van der Waals surface area contributed by atoms with Crippen molar-refractivity contribution in [2.45, 2.75) is 38.8 Å². The topological polar surface area (TPSA) is 89.3 Å². The standard InChI is InChI=1S/C13H20N4O2/c1-8-6-11(17-14)10(7-15-8)13(18)16-9(2)12-4-3-5-19-12/h6-7,9,12H,3-5,14H2,1-2H3,(H,15,17)(H,16,18). The minimum Gasteiger partial charge on any atom is -0.376 e. The van der Waals surface area contributed by atoms with Gasteiger partial charge in [0.25, 0.3) is 5.91 Å². The second kappa shape index (κ2) is 5.99. The molecule has 2 heterocycles. The average molecular weight is 264 g/mol. The average Bonchev–Trinajstić information content (AvgIpc) is 2.92. The molecule has 6 nitrogen and oxygen atoms in total. The van der Waals surface area contributed by atoms with E-state index in [1.807, 2.05) is 13.8 Å². The number of pyridine rings is 1. The van der Waals surface area contributed by atoms with Crippen molar-refractivity contribution in [1.82, 2.24) is 10.3 Å². The van der Waals surface area contributed by atoms with E-state index in [1.54, 1.807) is 6.07 Å². The fourth-order valence-corrected chi connectivity index (χ4v) is 2.23. The zero-order valence-corrected chi connectivity index (χ0v) is 11.3. The first-order chi connectivity index (χ1) is 9.11. The molecule has 0 bridgehead atoms. The Morgan fingerprint density at radius 3 is 3.05 bits per heavy atom. The van der Waals surface area contributed by atoms with Crippen LogP contribution in [0.1, 0.15) is 35.8 Å². The number of nitrogen functional groups attached to an aromatic ring is 1. The fraction of sp³-hybridized carbons (Fsp3) is 0.538. The van der Waals surface area contributed by atoms with Gasteiger partial charge in [0.15, 0.2) is 0 Å². The molecule has 1 saturated heterocycles. The number of nitrogens with two attached hydrogens (primary N) is 1. The van der Waals surface area contributed by atoms with Crippen molar-refractivity contribution in [2.75, 3.05) is 12.0 Å². The van der Waals surface area contributed by atoms with E-state index in [2.05, 4.69) is 15.7 Å². The number of aryl methyl sites for hydroxylation is 1. The monoisotopic (exact) mass is 264 g/mol. The van der Waals surface area contributed by atoms with Crippen molar-refractivity contribution in [3.63, 3.8) is 0 Å². The Bertz CT molecular complexity index is 458. The SMILES string of the molecule is Cc1cc(NN)c(C(=O)NC(C)C2CCCO2)cn1. The molecule has 104 valence electrons. The molecule has 19 heavy (non-hydrogen) atoms.